The second-order valence-electron chi connectivity index (χ2n) is 7.58. The number of pyridine rings is 1. The Balaban J connectivity index is 1.73. The Kier molecular flexibility index (Phi) is 5.81. The van der Waals surface area contributed by atoms with Crippen LogP contribution in [0.1, 0.15) is 5.56 Å². The summed E-state index contributed by atoms with van der Waals surface area (Å²) < 4.78 is 12.4. The van der Waals surface area contributed by atoms with Crippen molar-refractivity contribution in [3.8, 4) is 11.5 Å². The molecule has 5 rings (SSSR count). The summed E-state index contributed by atoms with van der Waals surface area (Å²) in [4.78, 5) is 27.1. The molecule has 0 bridgehead atoms. The molecule has 0 aliphatic rings. The lowest BCUT2D eigenvalue weighted by Crippen LogP contribution is -2.22. The first-order chi connectivity index (χ1) is 16.5. The Bertz CT molecular complexity index is 1640. The van der Waals surface area contributed by atoms with Crippen molar-refractivity contribution < 1.29 is 14.3 Å². The number of benzene rings is 3. The Morgan fingerprint density at radius 3 is 2.41 bits per heavy atom. The van der Waals surface area contributed by atoms with Gasteiger partial charge in [0.05, 0.1) is 19.2 Å². The first-order valence-corrected chi connectivity index (χ1v) is 11.5. The van der Waals surface area contributed by atoms with E-state index in [9.17, 15) is 14.7 Å². The number of halogens is 1. The topological polar surface area (TPSA) is 81.7 Å². The number of aromatic nitrogens is 1. The van der Waals surface area contributed by atoms with Gasteiger partial charge in [0.15, 0.2) is 11.3 Å². The summed E-state index contributed by atoms with van der Waals surface area (Å²) >= 11 is 6.96. The first-order valence-electron chi connectivity index (χ1n) is 10.3. The Hall–Kier alpha value is -3.68. The zero-order valence-electron chi connectivity index (χ0n) is 17.9. The number of rotatable bonds is 5. The number of ether oxygens (including phenoxy) is 1. The van der Waals surface area contributed by atoms with Crippen LogP contribution in [-0.2, 0) is 6.54 Å². The van der Waals surface area contributed by atoms with Gasteiger partial charge >= 0.3 is 5.63 Å². The molecule has 0 aliphatic heterocycles. The monoisotopic (exact) mass is 491 g/mol. The van der Waals surface area contributed by atoms with Crippen molar-refractivity contribution in [3.05, 3.63) is 104 Å². The van der Waals surface area contributed by atoms with Gasteiger partial charge in [0.1, 0.15) is 16.0 Å². The van der Waals surface area contributed by atoms with Gasteiger partial charge in [-0.3, -0.25) is 4.79 Å². The van der Waals surface area contributed by atoms with Crippen LogP contribution in [0.25, 0.3) is 21.9 Å². The molecular formula is C26H18ClNO5S. The highest BCUT2D eigenvalue weighted by atomic mass is 35.5. The number of hydrogen-bond acceptors (Lipinski definition) is 6. The number of methoxy groups -OCH3 is 1. The van der Waals surface area contributed by atoms with Crippen LogP contribution in [0.15, 0.2) is 96.6 Å². The summed E-state index contributed by atoms with van der Waals surface area (Å²) in [5.41, 5.74) is 0.359. The van der Waals surface area contributed by atoms with E-state index in [4.69, 9.17) is 20.8 Å². The maximum Gasteiger partial charge on any atom is 0.354 e. The minimum Gasteiger partial charge on any atom is -0.505 e. The average Bonchev–Trinajstić information content (AvgIpc) is 2.85. The summed E-state index contributed by atoms with van der Waals surface area (Å²) in [7, 11) is 1.59. The minimum absolute atomic E-state index is 0.0386. The van der Waals surface area contributed by atoms with Crippen molar-refractivity contribution in [2.45, 2.75) is 16.3 Å². The summed E-state index contributed by atoms with van der Waals surface area (Å²) in [6.07, 6.45) is 0. The standard InChI is InChI=1S/C26H18ClNO5S/c1-32-17-10-6-15(7-11-17)14-28-20-5-3-2-4-19(20)23-21(25(28)30)22(29)24(26(31)33-23)34-18-12-8-16(27)9-13-18/h2-13,29H,14H2,1H3. The fourth-order valence-electron chi connectivity index (χ4n) is 3.82. The van der Waals surface area contributed by atoms with Crippen molar-refractivity contribution >= 4 is 45.2 Å². The smallest absolute Gasteiger partial charge is 0.354 e. The van der Waals surface area contributed by atoms with Crippen molar-refractivity contribution in [1.29, 1.82) is 0 Å². The Labute approximate surface area is 203 Å². The lowest BCUT2D eigenvalue weighted by atomic mass is 10.1. The highest BCUT2D eigenvalue weighted by Gasteiger charge is 2.22. The van der Waals surface area contributed by atoms with Gasteiger partial charge < -0.3 is 18.8 Å². The molecule has 0 spiro atoms. The summed E-state index contributed by atoms with van der Waals surface area (Å²) in [5.74, 6) is 0.313. The normalized spacial score (nSPS) is 11.2. The third-order valence-electron chi connectivity index (χ3n) is 5.49. The van der Waals surface area contributed by atoms with E-state index in [1.807, 2.05) is 24.3 Å². The second-order valence-corrected chi connectivity index (χ2v) is 9.10. The van der Waals surface area contributed by atoms with Crippen molar-refractivity contribution in [2.24, 2.45) is 0 Å². The van der Waals surface area contributed by atoms with Gasteiger partial charge in [0.25, 0.3) is 5.56 Å². The highest BCUT2D eigenvalue weighted by Crippen LogP contribution is 2.37. The molecule has 2 heterocycles. The summed E-state index contributed by atoms with van der Waals surface area (Å²) in [5, 5.41) is 12.2. The highest BCUT2D eigenvalue weighted by molar-refractivity contribution is 7.99. The second kappa shape index (κ2) is 8.93. The first kappa shape index (κ1) is 22.1. The van der Waals surface area contributed by atoms with Crippen LogP contribution in [0.2, 0.25) is 5.02 Å². The maximum atomic E-state index is 13.6. The molecule has 0 saturated carbocycles. The average molecular weight is 492 g/mol. The van der Waals surface area contributed by atoms with E-state index in [1.165, 1.54) is 0 Å². The van der Waals surface area contributed by atoms with Gasteiger partial charge in [0, 0.05) is 15.3 Å². The van der Waals surface area contributed by atoms with Crippen molar-refractivity contribution in [2.75, 3.05) is 7.11 Å². The predicted molar refractivity (Wildman–Crippen MR) is 134 cm³/mol. The number of aromatic hydroxyl groups is 1. The fraction of sp³-hybridized carbons (Fsp3) is 0.0769. The van der Waals surface area contributed by atoms with Crippen LogP contribution in [0.5, 0.6) is 11.5 Å². The van der Waals surface area contributed by atoms with Gasteiger partial charge in [-0.25, -0.2) is 4.79 Å². The number of hydrogen-bond donors (Lipinski definition) is 1. The Morgan fingerprint density at radius 2 is 1.71 bits per heavy atom. The molecular weight excluding hydrogens is 474 g/mol. The SMILES string of the molecule is COc1ccc(Cn2c(=O)c3c(O)c(Sc4ccc(Cl)cc4)c(=O)oc3c3ccccc32)cc1. The molecule has 34 heavy (non-hydrogen) atoms. The van der Waals surface area contributed by atoms with Crippen LogP contribution < -0.4 is 15.9 Å². The minimum atomic E-state index is -0.720. The van der Waals surface area contributed by atoms with E-state index in [-0.39, 0.29) is 22.4 Å². The predicted octanol–water partition coefficient (Wildman–Crippen LogP) is 5.68. The molecule has 5 aromatic rings. The lowest BCUT2D eigenvalue weighted by Gasteiger charge is -2.14. The number of fused-ring (bicyclic) bond motifs is 3. The van der Waals surface area contributed by atoms with Crippen LogP contribution in [0.3, 0.4) is 0 Å². The quantitative estimate of drug-likeness (QED) is 0.319. The van der Waals surface area contributed by atoms with Gasteiger partial charge in [-0.05, 0) is 54.1 Å². The molecule has 170 valence electrons. The molecule has 8 heteroatoms. The molecule has 2 aromatic heterocycles. The fourth-order valence-corrected chi connectivity index (χ4v) is 4.78. The van der Waals surface area contributed by atoms with Crippen LogP contribution >= 0.6 is 23.4 Å². The van der Waals surface area contributed by atoms with Crippen LogP contribution in [0.4, 0.5) is 0 Å². The van der Waals surface area contributed by atoms with Crippen LogP contribution in [0, 0.1) is 0 Å². The molecule has 0 amide bonds. The molecule has 3 aromatic carbocycles. The van der Waals surface area contributed by atoms with E-state index in [2.05, 4.69) is 0 Å². The largest absolute Gasteiger partial charge is 0.505 e. The Morgan fingerprint density at radius 1 is 1.00 bits per heavy atom. The number of nitrogens with zero attached hydrogens (tertiary/aromatic N) is 1. The van der Waals surface area contributed by atoms with Gasteiger partial charge in [-0.15, -0.1) is 0 Å². The third kappa shape index (κ3) is 3.93. The van der Waals surface area contributed by atoms with Gasteiger partial charge in [-0.1, -0.05) is 47.6 Å². The molecule has 6 nitrogen and oxygen atoms in total. The van der Waals surface area contributed by atoms with Crippen molar-refractivity contribution in [1.82, 2.24) is 4.57 Å². The molecule has 0 saturated heterocycles. The zero-order chi connectivity index (χ0) is 23.8. The summed E-state index contributed by atoms with van der Waals surface area (Å²) in [6, 6.07) is 21.3. The molecule has 0 unspecified atom stereocenters. The van der Waals surface area contributed by atoms with Crippen LogP contribution in [-0.4, -0.2) is 16.8 Å². The number of para-hydroxylation sites is 1. The van der Waals surface area contributed by atoms with E-state index in [1.54, 1.807) is 60.2 Å². The molecule has 0 atom stereocenters. The maximum absolute atomic E-state index is 13.6. The van der Waals surface area contributed by atoms with E-state index >= 15 is 0 Å². The third-order valence-corrected chi connectivity index (χ3v) is 6.81. The van der Waals surface area contributed by atoms with Gasteiger partial charge in [0.2, 0.25) is 0 Å². The van der Waals surface area contributed by atoms with E-state index in [0.717, 1.165) is 17.3 Å². The van der Waals surface area contributed by atoms with E-state index in [0.29, 0.717) is 26.6 Å². The van der Waals surface area contributed by atoms with Crippen molar-refractivity contribution in [3.63, 3.8) is 0 Å². The summed E-state index contributed by atoms with van der Waals surface area (Å²) in [6.45, 7) is 0.261. The molecule has 0 radical (unpaired) electrons. The molecule has 0 fully saturated rings. The lowest BCUT2D eigenvalue weighted by molar-refractivity contribution is 0.414. The molecule has 1 N–H and O–H groups in total. The molecule has 0 aliphatic carbocycles. The zero-order valence-corrected chi connectivity index (χ0v) is 19.5. The van der Waals surface area contributed by atoms with Gasteiger partial charge in [-0.2, -0.15) is 0 Å². The van der Waals surface area contributed by atoms with E-state index < -0.39 is 16.9 Å².